The summed E-state index contributed by atoms with van der Waals surface area (Å²) in [5.41, 5.74) is 1.68. The van der Waals surface area contributed by atoms with E-state index in [-0.39, 0.29) is 23.9 Å². The molecule has 0 amide bonds. The molecule has 1 aromatic carbocycles. The van der Waals surface area contributed by atoms with Crippen molar-refractivity contribution in [2.24, 2.45) is 11.8 Å². The first-order chi connectivity index (χ1) is 12.2. The van der Waals surface area contributed by atoms with E-state index in [9.17, 15) is 4.79 Å². The number of ketones is 1. The number of Topliss-reactive ketones (excluding diaryl/α,β-unsaturated/α-hetero) is 1. The zero-order valence-corrected chi connectivity index (χ0v) is 15.4. The summed E-state index contributed by atoms with van der Waals surface area (Å²) in [5.74, 6) is 0.684. The van der Waals surface area contributed by atoms with Crippen molar-refractivity contribution in [3.63, 3.8) is 0 Å². The Labute approximate surface area is 151 Å². The molecular weight excluding hydrogens is 312 g/mol. The number of rotatable bonds is 7. The van der Waals surface area contributed by atoms with Crippen molar-refractivity contribution < 1.29 is 14.3 Å². The molecule has 2 aliphatic rings. The van der Waals surface area contributed by atoms with Crippen LogP contribution in [0.1, 0.15) is 57.4 Å². The van der Waals surface area contributed by atoms with E-state index >= 15 is 0 Å². The number of methoxy groups -OCH3 is 1. The lowest BCUT2D eigenvalue weighted by Gasteiger charge is -2.41. The number of benzene rings is 1. The molecule has 0 aromatic heterocycles. The Morgan fingerprint density at radius 3 is 2.64 bits per heavy atom. The van der Waals surface area contributed by atoms with E-state index in [2.05, 4.69) is 6.92 Å². The van der Waals surface area contributed by atoms with Crippen LogP contribution in [-0.4, -0.2) is 25.1 Å². The fourth-order valence-corrected chi connectivity index (χ4v) is 4.31. The minimum Gasteiger partial charge on any atom is -0.496 e. The topological polar surface area (TPSA) is 35.5 Å². The number of ether oxygens (including phenoxy) is 2. The first-order valence-electron chi connectivity index (χ1n) is 9.72. The Kier molecular flexibility index (Phi) is 6.30. The predicted molar refractivity (Wildman–Crippen MR) is 100 cm³/mol. The number of allylic oxidation sites excluding steroid dienone is 1. The summed E-state index contributed by atoms with van der Waals surface area (Å²) < 4.78 is 11.7. The maximum Gasteiger partial charge on any atom is 0.173 e. The van der Waals surface area contributed by atoms with Crippen LogP contribution in [0, 0.1) is 11.8 Å². The fraction of sp³-hybridized carbons (Fsp3) is 0.591. The lowest BCUT2D eigenvalue weighted by molar-refractivity contribution is -0.131. The largest absolute Gasteiger partial charge is 0.496 e. The molecule has 1 saturated carbocycles. The van der Waals surface area contributed by atoms with E-state index in [1.165, 1.54) is 25.7 Å². The molecule has 25 heavy (non-hydrogen) atoms. The van der Waals surface area contributed by atoms with Gasteiger partial charge in [-0.05, 0) is 24.3 Å². The number of hydrogen-bond acceptors (Lipinski definition) is 3. The smallest absolute Gasteiger partial charge is 0.173 e. The second-order valence-electron chi connectivity index (χ2n) is 7.40. The SMILES string of the molecule is CCCCCCC1CC2C(=O)C(c3ccccc3)=COC2CC1OC. The van der Waals surface area contributed by atoms with Crippen molar-refractivity contribution in [3.05, 3.63) is 42.2 Å². The molecule has 1 aliphatic carbocycles. The van der Waals surface area contributed by atoms with Gasteiger partial charge in [0.25, 0.3) is 0 Å². The molecule has 1 fully saturated rings. The van der Waals surface area contributed by atoms with Crippen LogP contribution in [-0.2, 0) is 14.3 Å². The maximum absolute atomic E-state index is 13.1. The van der Waals surface area contributed by atoms with E-state index in [0.29, 0.717) is 5.92 Å². The van der Waals surface area contributed by atoms with Gasteiger partial charge in [0, 0.05) is 13.5 Å². The Bertz CT molecular complexity index is 593. The Balaban J connectivity index is 1.70. The quantitative estimate of drug-likeness (QED) is 0.654. The average molecular weight is 342 g/mol. The number of unbranched alkanes of at least 4 members (excludes halogenated alkanes) is 3. The molecule has 1 heterocycles. The van der Waals surface area contributed by atoms with E-state index in [1.807, 2.05) is 30.3 Å². The molecular formula is C22H30O3. The Hall–Kier alpha value is -1.61. The molecule has 0 radical (unpaired) electrons. The van der Waals surface area contributed by atoms with Gasteiger partial charge in [0.15, 0.2) is 5.78 Å². The first-order valence-corrected chi connectivity index (χ1v) is 9.72. The van der Waals surface area contributed by atoms with Gasteiger partial charge >= 0.3 is 0 Å². The molecule has 0 bridgehead atoms. The highest BCUT2D eigenvalue weighted by Gasteiger charge is 2.44. The first kappa shape index (κ1) is 18.2. The van der Waals surface area contributed by atoms with Crippen LogP contribution < -0.4 is 0 Å². The normalized spacial score (nSPS) is 28.9. The van der Waals surface area contributed by atoms with Crippen molar-refractivity contribution in [3.8, 4) is 0 Å². The van der Waals surface area contributed by atoms with Crippen molar-refractivity contribution in [1.29, 1.82) is 0 Å². The van der Waals surface area contributed by atoms with Gasteiger partial charge in [0.2, 0.25) is 0 Å². The van der Waals surface area contributed by atoms with Crippen LogP contribution >= 0.6 is 0 Å². The Morgan fingerprint density at radius 1 is 1.12 bits per heavy atom. The van der Waals surface area contributed by atoms with E-state index in [4.69, 9.17) is 9.47 Å². The summed E-state index contributed by atoms with van der Waals surface area (Å²) in [6, 6.07) is 9.87. The number of fused-ring (bicyclic) bond motifs is 1. The van der Waals surface area contributed by atoms with Crippen molar-refractivity contribution >= 4 is 11.4 Å². The van der Waals surface area contributed by atoms with E-state index in [1.54, 1.807) is 13.4 Å². The molecule has 4 unspecified atom stereocenters. The molecule has 0 saturated heterocycles. The lowest BCUT2D eigenvalue weighted by Crippen LogP contribution is -2.45. The lowest BCUT2D eigenvalue weighted by atomic mass is 9.71. The van der Waals surface area contributed by atoms with Crippen molar-refractivity contribution in [1.82, 2.24) is 0 Å². The van der Waals surface area contributed by atoms with Crippen molar-refractivity contribution in [2.45, 2.75) is 64.1 Å². The molecule has 1 aliphatic heterocycles. The zero-order chi connectivity index (χ0) is 17.6. The van der Waals surface area contributed by atoms with Crippen LogP contribution in [0.4, 0.5) is 0 Å². The van der Waals surface area contributed by atoms with Gasteiger partial charge in [-0.15, -0.1) is 0 Å². The molecule has 3 nitrogen and oxygen atoms in total. The third kappa shape index (κ3) is 4.14. The third-order valence-corrected chi connectivity index (χ3v) is 5.77. The molecule has 4 atom stereocenters. The van der Waals surface area contributed by atoms with Gasteiger partial charge in [0.1, 0.15) is 6.10 Å². The second-order valence-corrected chi connectivity index (χ2v) is 7.40. The number of hydrogen-bond donors (Lipinski definition) is 0. The van der Waals surface area contributed by atoms with Crippen LogP contribution in [0.2, 0.25) is 0 Å². The summed E-state index contributed by atoms with van der Waals surface area (Å²) in [5, 5.41) is 0. The van der Waals surface area contributed by atoms with Crippen molar-refractivity contribution in [2.75, 3.05) is 7.11 Å². The minimum atomic E-state index is -0.0307. The third-order valence-electron chi connectivity index (χ3n) is 5.77. The van der Waals surface area contributed by atoms with Crippen LogP contribution in [0.15, 0.2) is 36.6 Å². The number of carbonyl (C=O) groups excluding carboxylic acids is 1. The van der Waals surface area contributed by atoms with Crippen LogP contribution in [0.25, 0.3) is 5.57 Å². The highest BCUT2D eigenvalue weighted by molar-refractivity contribution is 6.22. The van der Waals surface area contributed by atoms with Gasteiger partial charge in [-0.3, -0.25) is 4.79 Å². The monoisotopic (exact) mass is 342 g/mol. The summed E-state index contributed by atoms with van der Waals surface area (Å²) in [7, 11) is 1.79. The Morgan fingerprint density at radius 2 is 1.92 bits per heavy atom. The van der Waals surface area contributed by atoms with Gasteiger partial charge in [0.05, 0.1) is 23.9 Å². The van der Waals surface area contributed by atoms with E-state index < -0.39 is 0 Å². The van der Waals surface area contributed by atoms with Gasteiger partial charge in [-0.25, -0.2) is 0 Å². The highest BCUT2D eigenvalue weighted by atomic mass is 16.5. The van der Waals surface area contributed by atoms with Crippen LogP contribution in [0.5, 0.6) is 0 Å². The second kappa shape index (κ2) is 8.66. The van der Waals surface area contributed by atoms with Gasteiger partial charge < -0.3 is 9.47 Å². The van der Waals surface area contributed by atoms with Gasteiger partial charge in [-0.1, -0.05) is 62.9 Å². The molecule has 0 N–H and O–H groups in total. The maximum atomic E-state index is 13.1. The molecule has 0 spiro atoms. The molecule has 3 heteroatoms. The number of carbonyl (C=O) groups is 1. The van der Waals surface area contributed by atoms with E-state index in [0.717, 1.165) is 30.4 Å². The molecule has 3 rings (SSSR count). The minimum absolute atomic E-state index is 0.0252. The molecule has 136 valence electrons. The molecule has 1 aromatic rings. The van der Waals surface area contributed by atoms with Crippen LogP contribution in [0.3, 0.4) is 0 Å². The predicted octanol–water partition coefficient (Wildman–Crippen LogP) is 5.01. The summed E-state index contributed by atoms with van der Waals surface area (Å²) in [4.78, 5) is 13.1. The summed E-state index contributed by atoms with van der Waals surface area (Å²) in [6.45, 7) is 2.23. The summed E-state index contributed by atoms with van der Waals surface area (Å²) in [6.07, 6.45) is 9.76. The average Bonchev–Trinajstić information content (AvgIpc) is 2.66. The zero-order valence-electron chi connectivity index (χ0n) is 15.4. The summed E-state index contributed by atoms with van der Waals surface area (Å²) >= 11 is 0. The van der Waals surface area contributed by atoms with Gasteiger partial charge in [-0.2, -0.15) is 0 Å². The highest BCUT2D eigenvalue weighted by Crippen LogP contribution is 2.41. The standard InChI is InChI=1S/C22H30O3/c1-3-4-5-7-12-17-13-18-21(14-20(17)24-2)25-15-19(22(18)23)16-10-8-6-9-11-16/h6,8-11,15,17-18,20-21H,3-5,7,12-14H2,1-2H3. The fourth-order valence-electron chi connectivity index (χ4n) is 4.31.